The van der Waals surface area contributed by atoms with Crippen molar-refractivity contribution in [1.29, 1.82) is 0 Å². The van der Waals surface area contributed by atoms with Crippen molar-refractivity contribution in [3.05, 3.63) is 0 Å². The monoisotopic (exact) mass is 145 g/mol. The third-order valence-electron chi connectivity index (χ3n) is 1.77. The first-order chi connectivity index (χ1) is 4.84. The molecule has 0 saturated carbocycles. The number of ether oxygens (including phenoxy) is 1. The first-order valence-corrected chi connectivity index (χ1v) is 3.85. The van der Waals surface area contributed by atoms with Crippen LogP contribution in [0.25, 0.3) is 0 Å². The van der Waals surface area contributed by atoms with E-state index in [2.05, 4.69) is 5.32 Å². The summed E-state index contributed by atoms with van der Waals surface area (Å²) in [5.41, 5.74) is 0. The lowest BCUT2D eigenvalue weighted by atomic mass is 10.1. The molecule has 0 aromatic rings. The van der Waals surface area contributed by atoms with E-state index in [1.807, 2.05) is 6.92 Å². The Hall–Kier alpha value is -0.120. The Morgan fingerprint density at radius 2 is 2.50 bits per heavy atom. The summed E-state index contributed by atoms with van der Waals surface area (Å²) < 4.78 is 5.28. The van der Waals surface area contributed by atoms with E-state index in [0.717, 1.165) is 19.5 Å². The number of hydrogen-bond acceptors (Lipinski definition) is 3. The van der Waals surface area contributed by atoms with Gasteiger partial charge in [0.25, 0.3) is 0 Å². The van der Waals surface area contributed by atoms with Crippen molar-refractivity contribution < 1.29 is 9.84 Å². The van der Waals surface area contributed by atoms with Crippen molar-refractivity contribution in [2.24, 2.45) is 0 Å². The van der Waals surface area contributed by atoms with E-state index in [-0.39, 0.29) is 12.2 Å². The molecule has 0 aromatic heterocycles. The van der Waals surface area contributed by atoms with Crippen LogP contribution in [0.2, 0.25) is 0 Å². The molecular weight excluding hydrogens is 130 g/mol. The van der Waals surface area contributed by atoms with Crippen molar-refractivity contribution in [2.75, 3.05) is 19.7 Å². The molecule has 1 fully saturated rings. The molecule has 10 heavy (non-hydrogen) atoms. The van der Waals surface area contributed by atoms with Crippen LogP contribution in [0.3, 0.4) is 0 Å². The van der Waals surface area contributed by atoms with E-state index in [4.69, 9.17) is 4.74 Å². The minimum absolute atomic E-state index is 0.0127. The van der Waals surface area contributed by atoms with Gasteiger partial charge < -0.3 is 15.2 Å². The molecule has 0 unspecified atom stereocenters. The fourth-order valence-corrected chi connectivity index (χ4v) is 1.20. The predicted octanol–water partition coefficient (Wildman–Crippen LogP) is -0.254. The average Bonchev–Trinajstić information content (AvgIpc) is 1.94. The summed E-state index contributed by atoms with van der Waals surface area (Å²) in [6, 6.07) is 0. The van der Waals surface area contributed by atoms with Crippen LogP contribution in [0, 0.1) is 0 Å². The number of aliphatic hydroxyl groups is 1. The number of hydrogen-bond donors (Lipinski definition) is 2. The molecule has 0 radical (unpaired) electrons. The second-order valence-electron chi connectivity index (χ2n) is 2.55. The van der Waals surface area contributed by atoms with Gasteiger partial charge >= 0.3 is 0 Å². The van der Waals surface area contributed by atoms with Crippen LogP contribution < -0.4 is 5.32 Å². The zero-order chi connectivity index (χ0) is 7.40. The molecule has 1 aliphatic rings. The maximum Gasteiger partial charge on any atom is 0.0958 e. The lowest BCUT2D eigenvalue weighted by Gasteiger charge is -2.27. The maximum atomic E-state index is 9.34. The largest absolute Gasteiger partial charge is 0.390 e. The second kappa shape index (κ2) is 3.91. The van der Waals surface area contributed by atoms with Crippen LogP contribution in [0.4, 0.5) is 0 Å². The van der Waals surface area contributed by atoms with Crippen molar-refractivity contribution in [3.63, 3.8) is 0 Å². The Bertz CT molecular complexity index is 95.6. The number of rotatable bonds is 2. The van der Waals surface area contributed by atoms with E-state index >= 15 is 0 Å². The standard InChI is InChI=1S/C7H15NO2/c1-2-10-7-5-8-4-3-6(7)9/h6-9H,2-5H2,1H3/t6-,7-/m0/s1. The second-order valence-corrected chi connectivity index (χ2v) is 2.55. The van der Waals surface area contributed by atoms with Crippen LogP contribution in [0.15, 0.2) is 0 Å². The fourth-order valence-electron chi connectivity index (χ4n) is 1.20. The zero-order valence-corrected chi connectivity index (χ0v) is 6.34. The minimum atomic E-state index is -0.263. The van der Waals surface area contributed by atoms with Gasteiger partial charge in [0, 0.05) is 13.2 Å². The Balaban J connectivity index is 2.25. The molecule has 0 spiro atoms. The molecule has 1 saturated heterocycles. The van der Waals surface area contributed by atoms with E-state index in [1.165, 1.54) is 0 Å². The summed E-state index contributed by atoms with van der Waals surface area (Å²) in [6.07, 6.45) is 0.560. The topological polar surface area (TPSA) is 41.5 Å². The molecule has 0 amide bonds. The molecule has 0 aliphatic carbocycles. The predicted molar refractivity (Wildman–Crippen MR) is 38.9 cm³/mol. The molecule has 1 aliphatic heterocycles. The van der Waals surface area contributed by atoms with Crippen LogP contribution in [0.1, 0.15) is 13.3 Å². The van der Waals surface area contributed by atoms with E-state index in [0.29, 0.717) is 6.61 Å². The van der Waals surface area contributed by atoms with Gasteiger partial charge in [-0.25, -0.2) is 0 Å². The van der Waals surface area contributed by atoms with Gasteiger partial charge in [-0.2, -0.15) is 0 Å². The first kappa shape index (κ1) is 7.98. The third kappa shape index (κ3) is 1.94. The van der Waals surface area contributed by atoms with Crippen LogP contribution in [0.5, 0.6) is 0 Å². The van der Waals surface area contributed by atoms with Gasteiger partial charge in [0.15, 0.2) is 0 Å². The van der Waals surface area contributed by atoms with Gasteiger partial charge in [0.05, 0.1) is 12.2 Å². The minimum Gasteiger partial charge on any atom is -0.390 e. The lowest BCUT2D eigenvalue weighted by Crippen LogP contribution is -2.45. The zero-order valence-electron chi connectivity index (χ0n) is 6.34. The van der Waals surface area contributed by atoms with Crippen molar-refractivity contribution in [3.8, 4) is 0 Å². The summed E-state index contributed by atoms with van der Waals surface area (Å²) in [7, 11) is 0. The fraction of sp³-hybridized carbons (Fsp3) is 1.00. The van der Waals surface area contributed by atoms with E-state index < -0.39 is 0 Å². The molecule has 1 rings (SSSR count). The van der Waals surface area contributed by atoms with Gasteiger partial charge in [0.2, 0.25) is 0 Å². The molecule has 3 heteroatoms. The highest BCUT2D eigenvalue weighted by Gasteiger charge is 2.22. The number of piperidine rings is 1. The average molecular weight is 145 g/mol. The molecule has 0 aromatic carbocycles. The summed E-state index contributed by atoms with van der Waals surface area (Å²) in [5.74, 6) is 0. The molecule has 2 N–H and O–H groups in total. The smallest absolute Gasteiger partial charge is 0.0958 e. The van der Waals surface area contributed by atoms with Crippen molar-refractivity contribution >= 4 is 0 Å². The highest BCUT2D eigenvalue weighted by molar-refractivity contribution is 4.77. The Labute approximate surface area is 61.4 Å². The summed E-state index contributed by atoms with van der Waals surface area (Å²) in [4.78, 5) is 0. The summed E-state index contributed by atoms with van der Waals surface area (Å²) in [5, 5.41) is 12.5. The van der Waals surface area contributed by atoms with Gasteiger partial charge in [-0.3, -0.25) is 0 Å². The van der Waals surface area contributed by atoms with Crippen molar-refractivity contribution in [2.45, 2.75) is 25.6 Å². The first-order valence-electron chi connectivity index (χ1n) is 3.85. The Morgan fingerprint density at radius 1 is 1.70 bits per heavy atom. The normalized spacial score (nSPS) is 34.2. The third-order valence-corrected chi connectivity index (χ3v) is 1.77. The molecule has 3 nitrogen and oxygen atoms in total. The summed E-state index contributed by atoms with van der Waals surface area (Å²) >= 11 is 0. The van der Waals surface area contributed by atoms with Gasteiger partial charge in [-0.05, 0) is 19.9 Å². The lowest BCUT2D eigenvalue weighted by molar-refractivity contribution is -0.0460. The van der Waals surface area contributed by atoms with Gasteiger partial charge in [-0.15, -0.1) is 0 Å². The Kier molecular flexibility index (Phi) is 3.12. The molecule has 1 heterocycles. The van der Waals surface area contributed by atoms with Gasteiger partial charge in [0.1, 0.15) is 0 Å². The van der Waals surface area contributed by atoms with Crippen LogP contribution >= 0.6 is 0 Å². The number of nitrogens with one attached hydrogen (secondary N) is 1. The molecule has 2 atom stereocenters. The summed E-state index contributed by atoms with van der Waals surface area (Å²) in [6.45, 7) is 4.32. The molecule has 0 bridgehead atoms. The van der Waals surface area contributed by atoms with E-state index in [9.17, 15) is 5.11 Å². The highest BCUT2D eigenvalue weighted by Crippen LogP contribution is 2.06. The van der Waals surface area contributed by atoms with E-state index in [1.54, 1.807) is 0 Å². The van der Waals surface area contributed by atoms with Crippen LogP contribution in [-0.2, 0) is 4.74 Å². The van der Waals surface area contributed by atoms with Crippen molar-refractivity contribution in [1.82, 2.24) is 5.32 Å². The van der Waals surface area contributed by atoms with Gasteiger partial charge in [-0.1, -0.05) is 0 Å². The SMILES string of the molecule is CCO[C@H]1CNCC[C@@H]1O. The molecule has 60 valence electrons. The Morgan fingerprint density at radius 3 is 3.10 bits per heavy atom. The number of aliphatic hydroxyl groups excluding tert-OH is 1. The van der Waals surface area contributed by atoms with Crippen LogP contribution in [-0.4, -0.2) is 37.0 Å². The highest BCUT2D eigenvalue weighted by atomic mass is 16.5. The maximum absolute atomic E-state index is 9.34. The molecular formula is C7H15NO2. The quantitative estimate of drug-likeness (QED) is 0.563.